The molecule has 3 rings (SSSR count). The number of likely N-dealkylation sites (tertiary alicyclic amines) is 1. The van der Waals surface area contributed by atoms with Crippen LogP contribution in [0.3, 0.4) is 0 Å². The number of amides is 2. The number of carbonyl (C=O) groups excluding carboxylic acids is 1. The summed E-state index contributed by atoms with van der Waals surface area (Å²) in [6.07, 6.45) is 4.16. The zero-order valence-corrected chi connectivity index (χ0v) is 10.6. The van der Waals surface area contributed by atoms with Crippen molar-refractivity contribution in [2.45, 2.75) is 6.04 Å². The van der Waals surface area contributed by atoms with Crippen molar-refractivity contribution in [3.05, 3.63) is 24.3 Å². The van der Waals surface area contributed by atoms with Gasteiger partial charge >= 0.3 is 12.0 Å². The topological polar surface area (TPSA) is 139 Å². The second-order valence-corrected chi connectivity index (χ2v) is 4.34. The molecule has 0 spiro atoms. The number of nitrogens with one attached hydrogen (secondary N) is 1. The summed E-state index contributed by atoms with van der Waals surface area (Å²) < 4.78 is 1.44. The number of aromatic nitrogens is 6. The van der Waals surface area contributed by atoms with E-state index in [4.69, 9.17) is 5.11 Å². The Hall–Kier alpha value is -3.11. The van der Waals surface area contributed by atoms with Gasteiger partial charge in [0.15, 0.2) is 5.69 Å². The third-order valence-corrected chi connectivity index (χ3v) is 2.95. The average molecular weight is 290 g/mol. The number of anilines is 1. The van der Waals surface area contributed by atoms with Gasteiger partial charge in [-0.3, -0.25) is 5.32 Å². The van der Waals surface area contributed by atoms with Gasteiger partial charge in [-0.2, -0.15) is 5.10 Å². The molecule has 0 aliphatic carbocycles. The minimum absolute atomic E-state index is 0.0915. The van der Waals surface area contributed by atoms with Crippen LogP contribution in [0.4, 0.5) is 10.7 Å². The summed E-state index contributed by atoms with van der Waals surface area (Å²) >= 11 is 0. The summed E-state index contributed by atoms with van der Waals surface area (Å²) in [7, 11) is 0. The van der Waals surface area contributed by atoms with Gasteiger partial charge in [-0.1, -0.05) is 5.21 Å². The van der Waals surface area contributed by atoms with E-state index in [1.54, 1.807) is 0 Å². The highest BCUT2D eigenvalue weighted by atomic mass is 16.4. The highest BCUT2D eigenvalue weighted by Crippen LogP contribution is 2.20. The molecule has 1 fully saturated rings. The van der Waals surface area contributed by atoms with Crippen molar-refractivity contribution in [1.29, 1.82) is 0 Å². The molecule has 1 aliphatic rings. The quantitative estimate of drug-likeness (QED) is 0.752. The van der Waals surface area contributed by atoms with Crippen molar-refractivity contribution in [1.82, 2.24) is 35.1 Å². The molecule has 108 valence electrons. The van der Waals surface area contributed by atoms with Gasteiger partial charge in [0.05, 0.1) is 24.6 Å². The Bertz CT molecular complexity index is 666. The van der Waals surface area contributed by atoms with Gasteiger partial charge in [0.25, 0.3) is 5.95 Å². The first-order chi connectivity index (χ1) is 10.1. The van der Waals surface area contributed by atoms with E-state index >= 15 is 0 Å². The molecule has 0 aromatic carbocycles. The molecule has 0 saturated carbocycles. The Labute approximate surface area is 117 Å². The Morgan fingerprint density at radius 3 is 2.71 bits per heavy atom. The fourth-order valence-electron chi connectivity index (χ4n) is 1.82. The van der Waals surface area contributed by atoms with Crippen LogP contribution in [0, 0.1) is 0 Å². The molecule has 0 atom stereocenters. The number of carboxylic acid groups (broad SMARTS) is 1. The smallest absolute Gasteiger partial charge is 0.358 e. The molecule has 1 saturated heterocycles. The minimum Gasteiger partial charge on any atom is -0.476 e. The fraction of sp³-hybridized carbons (Fsp3) is 0.300. The van der Waals surface area contributed by atoms with Crippen LogP contribution in [0.15, 0.2) is 18.6 Å². The monoisotopic (exact) mass is 290 g/mol. The van der Waals surface area contributed by atoms with Crippen LogP contribution in [0.5, 0.6) is 0 Å². The normalized spacial score (nSPS) is 14.6. The van der Waals surface area contributed by atoms with Crippen LogP contribution in [0.1, 0.15) is 16.5 Å². The second kappa shape index (κ2) is 5.11. The maximum Gasteiger partial charge on any atom is 0.358 e. The minimum atomic E-state index is -1.14. The number of hydrogen-bond donors (Lipinski definition) is 2. The van der Waals surface area contributed by atoms with E-state index < -0.39 is 5.97 Å². The molecule has 1 aliphatic heterocycles. The van der Waals surface area contributed by atoms with E-state index in [2.05, 4.69) is 30.8 Å². The largest absolute Gasteiger partial charge is 0.476 e. The van der Waals surface area contributed by atoms with E-state index in [0.29, 0.717) is 13.1 Å². The summed E-state index contributed by atoms with van der Waals surface area (Å²) in [4.78, 5) is 27.9. The van der Waals surface area contributed by atoms with Crippen molar-refractivity contribution in [3.8, 4) is 0 Å². The van der Waals surface area contributed by atoms with Crippen LogP contribution in [0.2, 0.25) is 0 Å². The first-order valence-corrected chi connectivity index (χ1v) is 5.98. The maximum absolute atomic E-state index is 11.9. The van der Waals surface area contributed by atoms with Crippen LogP contribution in [-0.2, 0) is 0 Å². The van der Waals surface area contributed by atoms with Crippen LogP contribution in [-0.4, -0.2) is 65.3 Å². The SMILES string of the molecule is O=C(O)c1cn(C2CN(C(=O)Nc3nccnn3)C2)nn1. The molecule has 2 aromatic rings. The Morgan fingerprint density at radius 2 is 2.10 bits per heavy atom. The first-order valence-electron chi connectivity index (χ1n) is 5.98. The number of nitrogens with zero attached hydrogens (tertiary/aromatic N) is 7. The van der Waals surface area contributed by atoms with Crippen molar-refractivity contribution in [2.24, 2.45) is 0 Å². The zero-order chi connectivity index (χ0) is 14.8. The molecule has 2 N–H and O–H groups in total. The Balaban J connectivity index is 1.55. The zero-order valence-electron chi connectivity index (χ0n) is 10.6. The van der Waals surface area contributed by atoms with Gasteiger partial charge in [0.1, 0.15) is 0 Å². The number of carboxylic acids is 1. The van der Waals surface area contributed by atoms with Gasteiger partial charge in [0.2, 0.25) is 0 Å². The maximum atomic E-state index is 11.9. The lowest BCUT2D eigenvalue weighted by molar-refractivity contribution is 0.0690. The number of hydrogen-bond acceptors (Lipinski definition) is 7. The summed E-state index contributed by atoms with van der Waals surface area (Å²) in [6, 6.07) is -0.441. The third kappa shape index (κ3) is 2.61. The van der Waals surface area contributed by atoms with Crippen molar-refractivity contribution < 1.29 is 14.7 Å². The molecule has 11 nitrogen and oxygen atoms in total. The van der Waals surface area contributed by atoms with E-state index in [-0.39, 0.29) is 23.7 Å². The highest BCUT2D eigenvalue weighted by Gasteiger charge is 2.33. The van der Waals surface area contributed by atoms with Gasteiger partial charge in [-0.15, -0.1) is 10.2 Å². The summed E-state index contributed by atoms with van der Waals surface area (Å²) in [5, 5.41) is 25.8. The molecule has 0 bridgehead atoms. The highest BCUT2D eigenvalue weighted by molar-refractivity contribution is 5.88. The number of rotatable bonds is 3. The standard InChI is InChI=1S/C10H10N8O3/c19-8(20)7-5-18(16-14-7)6-3-17(4-6)10(21)13-9-11-1-2-12-15-9/h1-2,5-6H,3-4H2,(H,19,20)(H,11,13,15,21). The van der Waals surface area contributed by atoms with Gasteiger partial charge < -0.3 is 10.0 Å². The van der Waals surface area contributed by atoms with Crippen LogP contribution < -0.4 is 5.32 Å². The van der Waals surface area contributed by atoms with Crippen molar-refractivity contribution >= 4 is 17.9 Å². The predicted octanol–water partition coefficient (Wildman–Crippen LogP) is -0.750. The van der Waals surface area contributed by atoms with Crippen molar-refractivity contribution in [3.63, 3.8) is 0 Å². The average Bonchev–Trinajstić information content (AvgIpc) is 2.88. The molecule has 21 heavy (non-hydrogen) atoms. The third-order valence-electron chi connectivity index (χ3n) is 2.95. The predicted molar refractivity (Wildman–Crippen MR) is 66.4 cm³/mol. The molecule has 3 heterocycles. The van der Waals surface area contributed by atoms with Crippen LogP contribution in [0.25, 0.3) is 0 Å². The number of carbonyl (C=O) groups is 2. The summed E-state index contributed by atoms with van der Waals surface area (Å²) in [6.45, 7) is 0.795. The molecule has 11 heteroatoms. The molecular formula is C10H10N8O3. The summed E-state index contributed by atoms with van der Waals surface area (Å²) in [5.74, 6) is -1.01. The van der Waals surface area contributed by atoms with Crippen LogP contribution >= 0.6 is 0 Å². The van der Waals surface area contributed by atoms with E-state index in [1.165, 1.54) is 28.2 Å². The molecule has 2 amide bonds. The number of urea groups is 1. The number of aromatic carboxylic acids is 1. The second-order valence-electron chi connectivity index (χ2n) is 4.34. The van der Waals surface area contributed by atoms with Crippen molar-refractivity contribution in [2.75, 3.05) is 18.4 Å². The first kappa shape index (κ1) is 12.9. The van der Waals surface area contributed by atoms with E-state index in [9.17, 15) is 9.59 Å². The molecule has 0 radical (unpaired) electrons. The molecular weight excluding hydrogens is 280 g/mol. The molecule has 0 unspecified atom stereocenters. The van der Waals surface area contributed by atoms with E-state index in [0.717, 1.165) is 0 Å². The van der Waals surface area contributed by atoms with Gasteiger partial charge in [-0.25, -0.2) is 19.3 Å². The Morgan fingerprint density at radius 1 is 1.29 bits per heavy atom. The lowest BCUT2D eigenvalue weighted by atomic mass is 10.1. The van der Waals surface area contributed by atoms with Gasteiger partial charge in [0, 0.05) is 13.1 Å². The summed E-state index contributed by atoms with van der Waals surface area (Å²) in [5.41, 5.74) is -0.123. The molecule has 2 aromatic heterocycles. The van der Waals surface area contributed by atoms with E-state index in [1.807, 2.05) is 0 Å². The Kier molecular flexibility index (Phi) is 3.14. The fourth-order valence-corrected chi connectivity index (χ4v) is 1.82. The lowest BCUT2D eigenvalue weighted by Crippen LogP contribution is -2.52. The lowest BCUT2D eigenvalue weighted by Gasteiger charge is -2.38. The van der Waals surface area contributed by atoms with Gasteiger partial charge in [-0.05, 0) is 0 Å².